The summed E-state index contributed by atoms with van der Waals surface area (Å²) < 4.78 is 0. The summed E-state index contributed by atoms with van der Waals surface area (Å²) in [6, 6.07) is 6.96. The molecule has 138 valence electrons. The molecule has 6 heteroatoms. The topological polar surface area (TPSA) is 96.2 Å². The van der Waals surface area contributed by atoms with Crippen molar-refractivity contribution >= 4 is 23.3 Å². The summed E-state index contributed by atoms with van der Waals surface area (Å²) in [4.78, 5) is 24.1. The van der Waals surface area contributed by atoms with E-state index in [1.165, 1.54) is 6.42 Å². The second-order valence-electron chi connectivity index (χ2n) is 7.32. The normalized spacial score (nSPS) is 16.3. The number of amides is 3. The van der Waals surface area contributed by atoms with Gasteiger partial charge in [0.2, 0.25) is 5.91 Å². The lowest BCUT2D eigenvalue weighted by atomic mass is 9.71. The molecule has 0 heterocycles. The predicted octanol–water partition coefficient (Wildman–Crippen LogP) is 3.45. The lowest BCUT2D eigenvalue weighted by Gasteiger charge is -2.35. The molecule has 0 spiro atoms. The number of carbonyl (C=O) groups excluding carboxylic acids is 2. The fourth-order valence-electron chi connectivity index (χ4n) is 3.37. The van der Waals surface area contributed by atoms with E-state index in [1.807, 2.05) is 13.8 Å². The van der Waals surface area contributed by atoms with Gasteiger partial charge in [0.25, 0.3) is 0 Å². The molecule has 1 aromatic rings. The van der Waals surface area contributed by atoms with Crippen LogP contribution in [-0.2, 0) is 4.79 Å². The molecular weight excluding hydrogens is 316 g/mol. The molecule has 2 rings (SSSR count). The number of urea groups is 1. The summed E-state index contributed by atoms with van der Waals surface area (Å²) in [7, 11) is 0. The Labute approximate surface area is 149 Å². The molecular formula is C19H30N4O2. The zero-order valence-electron chi connectivity index (χ0n) is 15.2. The molecule has 0 atom stereocenters. The van der Waals surface area contributed by atoms with Crippen LogP contribution in [0.15, 0.2) is 24.3 Å². The van der Waals surface area contributed by atoms with Crippen LogP contribution >= 0.6 is 0 Å². The molecule has 0 unspecified atom stereocenters. The number of hydrogen-bond acceptors (Lipinski definition) is 3. The first kappa shape index (κ1) is 19.2. The summed E-state index contributed by atoms with van der Waals surface area (Å²) in [5.74, 6) is 0.00519. The minimum Gasteiger partial charge on any atom is -0.336 e. The van der Waals surface area contributed by atoms with E-state index in [4.69, 9.17) is 5.73 Å². The summed E-state index contributed by atoms with van der Waals surface area (Å²) in [5.41, 5.74) is 7.32. The van der Waals surface area contributed by atoms with Crippen LogP contribution < -0.4 is 21.7 Å². The van der Waals surface area contributed by atoms with Crippen LogP contribution in [0.4, 0.5) is 16.2 Å². The third-order valence-electron chi connectivity index (χ3n) is 4.73. The number of carbonyl (C=O) groups is 2. The highest BCUT2D eigenvalue weighted by atomic mass is 16.2. The fraction of sp³-hybridized carbons (Fsp3) is 0.579. The van der Waals surface area contributed by atoms with Crippen molar-refractivity contribution in [1.82, 2.24) is 5.32 Å². The summed E-state index contributed by atoms with van der Waals surface area (Å²) >= 11 is 0. The Morgan fingerprint density at radius 3 is 2.12 bits per heavy atom. The molecule has 0 aliphatic heterocycles. The van der Waals surface area contributed by atoms with Gasteiger partial charge >= 0.3 is 6.03 Å². The molecule has 1 aromatic carbocycles. The maximum atomic E-state index is 12.4. The number of anilines is 2. The standard InChI is InChI=1S/C19H30N4O2/c1-14(2)21-18(25)23-16-8-6-15(7-9-16)22-17(24)12-19(13-20)10-4-3-5-11-19/h6-9,14H,3-5,10-13,20H2,1-2H3,(H,22,24)(H2,21,23,25). The highest BCUT2D eigenvalue weighted by molar-refractivity contribution is 5.92. The lowest BCUT2D eigenvalue weighted by Crippen LogP contribution is -2.36. The molecule has 1 fully saturated rings. The lowest BCUT2D eigenvalue weighted by molar-refractivity contribution is -0.118. The smallest absolute Gasteiger partial charge is 0.319 e. The Morgan fingerprint density at radius 2 is 1.60 bits per heavy atom. The van der Waals surface area contributed by atoms with Gasteiger partial charge < -0.3 is 21.7 Å². The van der Waals surface area contributed by atoms with Crippen molar-refractivity contribution in [2.45, 2.75) is 58.4 Å². The van der Waals surface area contributed by atoms with Crippen molar-refractivity contribution in [3.8, 4) is 0 Å². The van der Waals surface area contributed by atoms with E-state index >= 15 is 0 Å². The van der Waals surface area contributed by atoms with Gasteiger partial charge in [0.1, 0.15) is 0 Å². The van der Waals surface area contributed by atoms with Crippen LogP contribution in [0, 0.1) is 5.41 Å². The van der Waals surface area contributed by atoms with E-state index in [2.05, 4.69) is 16.0 Å². The van der Waals surface area contributed by atoms with Crippen LogP contribution in [-0.4, -0.2) is 24.5 Å². The highest BCUT2D eigenvalue weighted by Gasteiger charge is 2.32. The number of nitrogens with one attached hydrogen (secondary N) is 3. The van der Waals surface area contributed by atoms with Gasteiger partial charge in [-0.15, -0.1) is 0 Å². The largest absolute Gasteiger partial charge is 0.336 e. The van der Waals surface area contributed by atoms with Crippen LogP contribution in [0.2, 0.25) is 0 Å². The Bertz CT molecular complexity index is 578. The molecule has 1 aliphatic rings. The van der Waals surface area contributed by atoms with Crippen LogP contribution in [0.25, 0.3) is 0 Å². The Balaban J connectivity index is 1.87. The van der Waals surface area contributed by atoms with Gasteiger partial charge in [0, 0.05) is 23.8 Å². The predicted molar refractivity (Wildman–Crippen MR) is 102 cm³/mol. The van der Waals surface area contributed by atoms with E-state index in [0.717, 1.165) is 31.4 Å². The zero-order valence-corrected chi connectivity index (χ0v) is 15.2. The number of rotatable bonds is 6. The van der Waals surface area contributed by atoms with Gasteiger partial charge in [-0.05, 0) is 62.9 Å². The van der Waals surface area contributed by atoms with Gasteiger partial charge in [0.15, 0.2) is 0 Å². The SMILES string of the molecule is CC(C)NC(=O)Nc1ccc(NC(=O)CC2(CN)CCCCC2)cc1. The molecule has 1 saturated carbocycles. The molecule has 0 bridgehead atoms. The maximum Gasteiger partial charge on any atom is 0.319 e. The maximum absolute atomic E-state index is 12.4. The average molecular weight is 346 g/mol. The second kappa shape index (κ2) is 8.85. The molecule has 0 saturated heterocycles. The number of hydrogen-bond donors (Lipinski definition) is 4. The fourth-order valence-corrected chi connectivity index (χ4v) is 3.37. The quantitative estimate of drug-likeness (QED) is 0.635. The summed E-state index contributed by atoms with van der Waals surface area (Å²) in [6.45, 7) is 4.37. The molecule has 3 amide bonds. The first-order chi connectivity index (χ1) is 11.9. The van der Waals surface area contributed by atoms with E-state index < -0.39 is 0 Å². The van der Waals surface area contributed by atoms with Gasteiger partial charge in [-0.25, -0.2) is 4.79 Å². The molecule has 5 N–H and O–H groups in total. The van der Waals surface area contributed by atoms with Gasteiger partial charge in [-0.2, -0.15) is 0 Å². The van der Waals surface area contributed by atoms with Crippen molar-refractivity contribution in [3.05, 3.63) is 24.3 Å². The van der Waals surface area contributed by atoms with Crippen molar-refractivity contribution in [3.63, 3.8) is 0 Å². The monoisotopic (exact) mass is 346 g/mol. The summed E-state index contributed by atoms with van der Waals surface area (Å²) in [5, 5.41) is 8.46. The van der Waals surface area contributed by atoms with Gasteiger partial charge in [-0.3, -0.25) is 4.79 Å². The van der Waals surface area contributed by atoms with E-state index in [9.17, 15) is 9.59 Å². The van der Waals surface area contributed by atoms with Gasteiger partial charge in [-0.1, -0.05) is 19.3 Å². The zero-order chi connectivity index (χ0) is 18.3. The van der Waals surface area contributed by atoms with E-state index in [-0.39, 0.29) is 23.4 Å². The molecule has 0 radical (unpaired) electrons. The molecule has 25 heavy (non-hydrogen) atoms. The third-order valence-corrected chi connectivity index (χ3v) is 4.73. The molecule has 0 aromatic heterocycles. The average Bonchev–Trinajstić information content (AvgIpc) is 2.56. The van der Waals surface area contributed by atoms with Crippen molar-refractivity contribution in [1.29, 1.82) is 0 Å². The van der Waals surface area contributed by atoms with E-state index in [1.54, 1.807) is 24.3 Å². The minimum atomic E-state index is -0.242. The van der Waals surface area contributed by atoms with Crippen molar-refractivity contribution in [2.75, 3.05) is 17.2 Å². The molecule has 1 aliphatic carbocycles. The van der Waals surface area contributed by atoms with Crippen molar-refractivity contribution < 1.29 is 9.59 Å². The Morgan fingerprint density at radius 1 is 1.04 bits per heavy atom. The van der Waals surface area contributed by atoms with Crippen LogP contribution in [0.5, 0.6) is 0 Å². The number of nitrogens with two attached hydrogens (primary N) is 1. The van der Waals surface area contributed by atoms with Crippen LogP contribution in [0.1, 0.15) is 52.4 Å². The second-order valence-corrected chi connectivity index (χ2v) is 7.32. The first-order valence-electron chi connectivity index (χ1n) is 9.10. The first-order valence-corrected chi connectivity index (χ1v) is 9.10. The highest BCUT2D eigenvalue weighted by Crippen LogP contribution is 2.38. The van der Waals surface area contributed by atoms with Crippen molar-refractivity contribution in [2.24, 2.45) is 11.1 Å². The van der Waals surface area contributed by atoms with Crippen LogP contribution in [0.3, 0.4) is 0 Å². The summed E-state index contributed by atoms with van der Waals surface area (Å²) in [6.07, 6.45) is 6.09. The Kier molecular flexibility index (Phi) is 6.82. The molecule has 6 nitrogen and oxygen atoms in total. The van der Waals surface area contributed by atoms with Gasteiger partial charge in [0.05, 0.1) is 0 Å². The Hall–Kier alpha value is -2.08. The minimum absolute atomic E-state index is 0.00519. The van der Waals surface area contributed by atoms with E-state index in [0.29, 0.717) is 18.7 Å². The third kappa shape index (κ3) is 6.05. The number of benzene rings is 1.